The fourth-order valence-electron chi connectivity index (χ4n) is 0.851. The van der Waals surface area contributed by atoms with E-state index in [1.165, 1.54) is 10.9 Å². The van der Waals surface area contributed by atoms with Crippen LogP contribution in [0, 0.1) is 11.3 Å². The van der Waals surface area contributed by atoms with Crippen LogP contribution in [0.3, 0.4) is 0 Å². The van der Waals surface area contributed by atoms with Crippen molar-refractivity contribution in [3.05, 3.63) is 18.0 Å². The van der Waals surface area contributed by atoms with Gasteiger partial charge in [-0.05, 0) is 6.92 Å². The van der Waals surface area contributed by atoms with Gasteiger partial charge in [-0.15, -0.1) is 0 Å². The van der Waals surface area contributed by atoms with Crippen molar-refractivity contribution in [2.45, 2.75) is 13.0 Å². The molecular formula is C8H10N4O. The smallest absolute Gasteiger partial charge is 0.255 e. The third-order valence-corrected chi connectivity index (χ3v) is 1.51. The van der Waals surface area contributed by atoms with Crippen molar-refractivity contribution in [2.24, 2.45) is 7.05 Å². The molecule has 5 nitrogen and oxygen atoms in total. The van der Waals surface area contributed by atoms with Crippen LogP contribution in [0.15, 0.2) is 12.4 Å². The van der Waals surface area contributed by atoms with Crippen LogP contribution < -0.4 is 5.32 Å². The molecule has 5 heteroatoms. The minimum absolute atomic E-state index is 0.276. The fraction of sp³-hybridized carbons (Fsp3) is 0.375. The highest BCUT2D eigenvalue weighted by Crippen LogP contribution is 1.96. The van der Waals surface area contributed by atoms with Gasteiger partial charge in [-0.1, -0.05) is 0 Å². The molecule has 0 saturated heterocycles. The minimum atomic E-state index is -0.479. The molecule has 68 valence electrons. The van der Waals surface area contributed by atoms with E-state index in [-0.39, 0.29) is 5.91 Å². The van der Waals surface area contributed by atoms with Gasteiger partial charge in [0.2, 0.25) is 0 Å². The molecule has 1 aromatic heterocycles. The van der Waals surface area contributed by atoms with Gasteiger partial charge in [0, 0.05) is 13.2 Å². The van der Waals surface area contributed by atoms with Gasteiger partial charge in [-0.3, -0.25) is 9.48 Å². The second-order valence-electron chi connectivity index (χ2n) is 2.73. The monoisotopic (exact) mass is 178 g/mol. The number of rotatable bonds is 2. The maximum absolute atomic E-state index is 11.3. The Morgan fingerprint density at radius 1 is 1.85 bits per heavy atom. The van der Waals surface area contributed by atoms with Crippen LogP contribution in [0.2, 0.25) is 0 Å². The van der Waals surface area contributed by atoms with E-state index >= 15 is 0 Å². The maximum Gasteiger partial charge on any atom is 0.255 e. The molecule has 0 saturated carbocycles. The molecule has 1 aromatic rings. The average Bonchev–Trinajstić information content (AvgIpc) is 2.51. The van der Waals surface area contributed by atoms with Crippen molar-refractivity contribution in [3.8, 4) is 6.07 Å². The SMILES string of the molecule is CC(C#N)NC(=O)c1cnn(C)c1. The molecule has 0 spiro atoms. The van der Waals surface area contributed by atoms with E-state index in [2.05, 4.69) is 10.4 Å². The van der Waals surface area contributed by atoms with Crippen LogP contribution in [0.1, 0.15) is 17.3 Å². The van der Waals surface area contributed by atoms with Gasteiger partial charge >= 0.3 is 0 Å². The zero-order chi connectivity index (χ0) is 9.84. The summed E-state index contributed by atoms with van der Waals surface area (Å²) in [6.45, 7) is 1.62. The first-order valence-electron chi connectivity index (χ1n) is 3.82. The molecule has 13 heavy (non-hydrogen) atoms. The third-order valence-electron chi connectivity index (χ3n) is 1.51. The molecule has 0 aromatic carbocycles. The van der Waals surface area contributed by atoms with Crippen molar-refractivity contribution in [3.63, 3.8) is 0 Å². The molecule has 0 aliphatic heterocycles. The highest BCUT2D eigenvalue weighted by atomic mass is 16.1. The molecule has 1 atom stereocenters. The van der Waals surface area contributed by atoms with E-state index in [9.17, 15) is 4.79 Å². The van der Waals surface area contributed by atoms with Crippen LogP contribution in [0.5, 0.6) is 0 Å². The predicted molar refractivity (Wildman–Crippen MR) is 45.7 cm³/mol. The third kappa shape index (κ3) is 2.30. The van der Waals surface area contributed by atoms with Gasteiger partial charge in [0.05, 0.1) is 17.8 Å². The Kier molecular flexibility index (Phi) is 2.65. The van der Waals surface area contributed by atoms with Crippen LogP contribution in [-0.2, 0) is 7.05 Å². The lowest BCUT2D eigenvalue weighted by molar-refractivity contribution is 0.0947. The highest BCUT2D eigenvalue weighted by molar-refractivity contribution is 5.94. The largest absolute Gasteiger partial charge is 0.336 e. The first-order valence-corrected chi connectivity index (χ1v) is 3.82. The van der Waals surface area contributed by atoms with E-state index in [1.807, 2.05) is 6.07 Å². The summed E-state index contributed by atoms with van der Waals surface area (Å²) in [5.74, 6) is -0.276. The normalized spacial score (nSPS) is 11.8. The molecule has 0 bridgehead atoms. The zero-order valence-electron chi connectivity index (χ0n) is 7.48. The molecule has 0 radical (unpaired) electrons. The van der Waals surface area contributed by atoms with Gasteiger partial charge in [-0.2, -0.15) is 10.4 Å². The van der Waals surface area contributed by atoms with Crippen molar-refractivity contribution >= 4 is 5.91 Å². The fourth-order valence-corrected chi connectivity index (χ4v) is 0.851. The number of nitrogens with zero attached hydrogens (tertiary/aromatic N) is 3. The van der Waals surface area contributed by atoms with Crippen LogP contribution in [-0.4, -0.2) is 21.7 Å². The minimum Gasteiger partial charge on any atom is -0.336 e. The summed E-state index contributed by atoms with van der Waals surface area (Å²) < 4.78 is 1.53. The standard InChI is InChI=1S/C8H10N4O/c1-6(3-9)11-8(13)7-4-10-12(2)5-7/h4-6H,1-2H3,(H,11,13). The number of carbonyl (C=O) groups is 1. The summed E-state index contributed by atoms with van der Waals surface area (Å²) in [5, 5.41) is 14.8. The number of amides is 1. The van der Waals surface area contributed by atoms with E-state index in [1.54, 1.807) is 20.2 Å². The van der Waals surface area contributed by atoms with E-state index in [4.69, 9.17) is 5.26 Å². The molecule has 1 heterocycles. The molecule has 1 N–H and O–H groups in total. The molecular weight excluding hydrogens is 168 g/mol. The Hall–Kier alpha value is -1.83. The Labute approximate surface area is 76.0 Å². The summed E-state index contributed by atoms with van der Waals surface area (Å²) in [7, 11) is 1.73. The lowest BCUT2D eigenvalue weighted by Crippen LogP contribution is -2.30. The summed E-state index contributed by atoms with van der Waals surface area (Å²) in [6.07, 6.45) is 3.05. The molecule has 1 unspecified atom stereocenters. The molecule has 0 aliphatic carbocycles. The maximum atomic E-state index is 11.3. The molecule has 0 aliphatic rings. The second-order valence-corrected chi connectivity index (χ2v) is 2.73. The Morgan fingerprint density at radius 3 is 3.00 bits per heavy atom. The van der Waals surface area contributed by atoms with E-state index in [0.29, 0.717) is 5.56 Å². The van der Waals surface area contributed by atoms with Crippen LogP contribution in [0.25, 0.3) is 0 Å². The first-order chi connectivity index (χ1) is 6.13. The topological polar surface area (TPSA) is 70.7 Å². The predicted octanol–water partition coefficient (Wildman–Crippen LogP) is 0.0620. The first kappa shape index (κ1) is 9.26. The van der Waals surface area contributed by atoms with Gasteiger partial charge < -0.3 is 5.32 Å². The Balaban J connectivity index is 2.65. The summed E-state index contributed by atoms with van der Waals surface area (Å²) >= 11 is 0. The lowest BCUT2D eigenvalue weighted by Gasteiger charge is -2.02. The number of hydrogen-bond donors (Lipinski definition) is 1. The number of aryl methyl sites for hydroxylation is 1. The number of aromatic nitrogens is 2. The summed E-state index contributed by atoms with van der Waals surface area (Å²) in [6, 6.07) is 1.43. The molecule has 0 fully saturated rings. The number of carbonyl (C=O) groups excluding carboxylic acids is 1. The quantitative estimate of drug-likeness (QED) is 0.696. The lowest BCUT2D eigenvalue weighted by atomic mass is 10.3. The van der Waals surface area contributed by atoms with Crippen molar-refractivity contribution in [2.75, 3.05) is 0 Å². The molecule has 1 rings (SSSR count). The van der Waals surface area contributed by atoms with Crippen molar-refractivity contribution in [1.82, 2.24) is 15.1 Å². The summed E-state index contributed by atoms with van der Waals surface area (Å²) in [4.78, 5) is 11.3. The van der Waals surface area contributed by atoms with Gasteiger partial charge in [-0.25, -0.2) is 0 Å². The number of nitriles is 1. The van der Waals surface area contributed by atoms with E-state index < -0.39 is 6.04 Å². The molecule has 1 amide bonds. The van der Waals surface area contributed by atoms with E-state index in [0.717, 1.165) is 0 Å². The van der Waals surface area contributed by atoms with Crippen LogP contribution >= 0.6 is 0 Å². The summed E-state index contributed by atoms with van der Waals surface area (Å²) in [5.41, 5.74) is 0.463. The van der Waals surface area contributed by atoms with Gasteiger partial charge in [0.25, 0.3) is 5.91 Å². The Bertz CT molecular complexity index is 349. The Morgan fingerprint density at radius 2 is 2.54 bits per heavy atom. The van der Waals surface area contributed by atoms with Crippen molar-refractivity contribution < 1.29 is 4.79 Å². The highest BCUT2D eigenvalue weighted by Gasteiger charge is 2.09. The van der Waals surface area contributed by atoms with Gasteiger partial charge in [0.15, 0.2) is 0 Å². The number of hydrogen-bond acceptors (Lipinski definition) is 3. The van der Waals surface area contributed by atoms with Gasteiger partial charge in [0.1, 0.15) is 6.04 Å². The van der Waals surface area contributed by atoms with Crippen molar-refractivity contribution in [1.29, 1.82) is 5.26 Å². The zero-order valence-corrected chi connectivity index (χ0v) is 7.48. The average molecular weight is 178 g/mol. The second kappa shape index (κ2) is 3.72. The van der Waals surface area contributed by atoms with Crippen LogP contribution in [0.4, 0.5) is 0 Å². The number of nitrogens with one attached hydrogen (secondary N) is 1.